The maximum absolute atomic E-state index is 11.9. The van der Waals surface area contributed by atoms with Crippen LogP contribution < -0.4 is 25.0 Å². The molecule has 0 saturated carbocycles. The molecule has 0 aromatic heterocycles. The Hall–Kier alpha value is -2.77. The maximum atomic E-state index is 11.9. The van der Waals surface area contributed by atoms with Gasteiger partial charge in [-0.3, -0.25) is 9.59 Å². The van der Waals surface area contributed by atoms with Gasteiger partial charge in [0.2, 0.25) is 11.7 Å². The molecule has 2 amide bonds. The standard InChI is InChI=1S/C22H35N3O5/c1-5-6-7-8-9-10-11-12-20(26)23-16-21(27)25-24-15-17-13-18(28-2)22(30-4)19(14-17)29-3/h13-15H,5-12,16H2,1-4H3,(H,23,26)(H,25,27)/b24-15+. The van der Waals surface area contributed by atoms with Crippen molar-refractivity contribution in [1.29, 1.82) is 0 Å². The van der Waals surface area contributed by atoms with Crippen molar-refractivity contribution in [1.82, 2.24) is 10.7 Å². The number of carbonyl (C=O) groups is 2. The lowest BCUT2D eigenvalue weighted by atomic mass is 10.1. The lowest BCUT2D eigenvalue weighted by Crippen LogP contribution is -2.34. The molecular weight excluding hydrogens is 386 g/mol. The van der Waals surface area contributed by atoms with Gasteiger partial charge >= 0.3 is 0 Å². The summed E-state index contributed by atoms with van der Waals surface area (Å²) in [7, 11) is 4.57. The van der Waals surface area contributed by atoms with E-state index in [1.54, 1.807) is 12.1 Å². The van der Waals surface area contributed by atoms with Crippen molar-refractivity contribution in [2.24, 2.45) is 5.10 Å². The molecule has 8 nitrogen and oxygen atoms in total. The zero-order valence-electron chi connectivity index (χ0n) is 18.6. The molecule has 0 heterocycles. The van der Waals surface area contributed by atoms with Gasteiger partial charge in [0.15, 0.2) is 11.5 Å². The van der Waals surface area contributed by atoms with E-state index in [4.69, 9.17) is 14.2 Å². The van der Waals surface area contributed by atoms with Gasteiger partial charge < -0.3 is 19.5 Å². The van der Waals surface area contributed by atoms with E-state index in [9.17, 15) is 9.59 Å². The second kappa shape index (κ2) is 15.1. The molecule has 0 radical (unpaired) electrons. The number of carbonyl (C=O) groups excluding carboxylic acids is 2. The number of rotatable bonds is 15. The van der Waals surface area contributed by atoms with Gasteiger partial charge in [-0.05, 0) is 18.6 Å². The van der Waals surface area contributed by atoms with Crippen molar-refractivity contribution in [2.75, 3.05) is 27.9 Å². The minimum Gasteiger partial charge on any atom is -0.493 e. The quantitative estimate of drug-likeness (QED) is 0.257. The van der Waals surface area contributed by atoms with Crippen LogP contribution in [0.5, 0.6) is 17.2 Å². The number of benzene rings is 1. The highest BCUT2D eigenvalue weighted by molar-refractivity contribution is 5.87. The minimum atomic E-state index is -0.397. The second-order valence-electron chi connectivity index (χ2n) is 6.90. The average Bonchev–Trinajstić information content (AvgIpc) is 2.76. The SMILES string of the molecule is CCCCCCCCCC(=O)NCC(=O)N/N=C/c1cc(OC)c(OC)c(OC)c1. The Morgan fingerprint density at radius 1 is 0.900 bits per heavy atom. The van der Waals surface area contributed by atoms with Crippen molar-refractivity contribution in [3.8, 4) is 17.2 Å². The fourth-order valence-electron chi connectivity index (χ4n) is 2.90. The number of hydrazone groups is 1. The fraction of sp³-hybridized carbons (Fsp3) is 0.591. The van der Waals surface area contributed by atoms with Gasteiger partial charge in [-0.2, -0.15) is 5.10 Å². The first-order valence-electron chi connectivity index (χ1n) is 10.4. The molecule has 0 aliphatic rings. The zero-order valence-corrected chi connectivity index (χ0v) is 18.6. The van der Waals surface area contributed by atoms with Crippen molar-refractivity contribution in [3.05, 3.63) is 17.7 Å². The molecule has 168 valence electrons. The number of nitrogens with zero attached hydrogens (tertiary/aromatic N) is 1. The highest BCUT2D eigenvalue weighted by Crippen LogP contribution is 2.37. The summed E-state index contributed by atoms with van der Waals surface area (Å²) in [4.78, 5) is 23.7. The molecule has 30 heavy (non-hydrogen) atoms. The molecule has 0 aliphatic carbocycles. The van der Waals surface area contributed by atoms with Crippen molar-refractivity contribution in [2.45, 2.75) is 58.3 Å². The normalized spacial score (nSPS) is 10.7. The molecule has 0 atom stereocenters. The van der Waals surface area contributed by atoms with Gasteiger partial charge in [0.05, 0.1) is 34.1 Å². The largest absolute Gasteiger partial charge is 0.493 e. The third-order valence-electron chi connectivity index (χ3n) is 4.54. The summed E-state index contributed by atoms with van der Waals surface area (Å²) in [5, 5.41) is 6.52. The van der Waals surface area contributed by atoms with Crippen molar-refractivity contribution in [3.63, 3.8) is 0 Å². The molecule has 0 fully saturated rings. The lowest BCUT2D eigenvalue weighted by Gasteiger charge is -2.12. The Morgan fingerprint density at radius 3 is 2.07 bits per heavy atom. The van der Waals surface area contributed by atoms with Crippen LogP contribution >= 0.6 is 0 Å². The molecule has 2 N–H and O–H groups in total. The molecule has 0 unspecified atom stereocenters. The zero-order chi connectivity index (χ0) is 22.2. The number of amides is 2. The number of nitrogens with one attached hydrogen (secondary N) is 2. The summed E-state index contributed by atoms with van der Waals surface area (Å²) in [6, 6.07) is 3.42. The molecular formula is C22H35N3O5. The minimum absolute atomic E-state index is 0.109. The van der Waals surface area contributed by atoms with E-state index < -0.39 is 5.91 Å². The van der Waals surface area contributed by atoms with Crippen LogP contribution in [0.1, 0.15) is 63.9 Å². The van der Waals surface area contributed by atoms with Crippen molar-refractivity contribution < 1.29 is 23.8 Å². The third kappa shape index (κ3) is 9.62. The van der Waals surface area contributed by atoms with E-state index in [-0.39, 0.29) is 12.5 Å². The van der Waals surface area contributed by atoms with E-state index in [0.29, 0.717) is 29.2 Å². The second-order valence-corrected chi connectivity index (χ2v) is 6.90. The van der Waals surface area contributed by atoms with Crippen LogP contribution in [0.25, 0.3) is 0 Å². The first kappa shape index (κ1) is 25.3. The Balaban J connectivity index is 2.34. The van der Waals surface area contributed by atoms with Gasteiger partial charge in [-0.1, -0.05) is 45.4 Å². The average molecular weight is 422 g/mol. The van der Waals surface area contributed by atoms with E-state index in [0.717, 1.165) is 19.3 Å². The van der Waals surface area contributed by atoms with Crippen LogP contribution in [0.2, 0.25) is 0 Å². The summed E-state index contributed by atoms with van der Waals surface area (Å²) in [5.41, 5.74) is 3.05. The Labute approximate surface area is 179 Å². The first-order chi connectivity index (χ1) is 14.5. The number of hydrogen-bond acceptors (Lipinski definition) is 6. The van der Waals surface area contributed by atoms with E-state index in [1.807, 2.05) is 0 Å². The maximum Gasteiger partial charge on any atom is 0.259 e. The van der Waals surface area contributed by atoms with Crippen molar-refractivity contribution >= 4 is 18.0 Å². The van der Waals surface area contributed by atoms with E-state index in [1.165, 1.54) is 53.2 Å². The highest BCUT2D eigenvalue weighted by atomic mass is 16.5. The van der Waals surface area contributed by atoms with Gasteiger partial charge in [0.25, 0.3) is 5.91 Å². The topological polar surface area (TPSA) is 98.3 Å². The van der Waals surface area contributed by atoms with Crippen LogP contribution in [0.3, 0.4) is 0 Å². The summed E-state index contributed by atoms with van der Waals surface area (Å²) < 4.78 is 15.8. The van der Waals surface area contributed by atoms with Crippen LogP contribution in [0.4, 0.5) is 0 Å². The molecule has 1 aromatic carbocycles. The summed E-state index contributed by atoms with van der Waals surface area (Å²) >= 11 is 0. The predicted octanol–water partition coefficient (Wildman–Crippen LogP) is 3.42. The smallest absolute Gasteiger partial charge is 0.259 e. The highest BCUT2D eigenvalue weighted by Gasteiger charge is 2.12. The summed E-state index contributed by atoms with van der Waals surface area (Å²) in [5.74, 6) is 0.938. The molecule has 0 aliphatic heterocycles. The van der Waals surface area contributed by atoms with Crippen LogP contribution in [-0.2, 0) is 9.59 Å². The molecule has 8 heteroatoms. The van der Waals surface area contributed by atoms with E-state index in [2.05, 4.69) is 22.8 Å². The number of hydrogen-bond donors (Lipinski definition) is 2. The summed E-state index contributed by atoms with van der Waals surface area (Å²) in [6.07, 6.45) is 9.94. The van der Waals surface area contributed by atoms with Crippen LogP contribution in [0, 0.1) is 0 Å². The van der Waals surface area contributed by atoms with Gasteiger partial charge in [-0.25, -0.2) is 5.43 Å². The monoisotopic (exact) mass is 421 g/mol. The first-order valence-corrected chi connectivity index (χ1v) is 10.4. The van der Waals surface area contributed by atoms with Crippen LogP contribution in [0.15, 0.2) is 17.2 Å². The Bertz CT molecular complexity index is 666. The number of unbranched alkanes of at least 4 members (excludes halogenated alkanes) is 6. The number of methoxy groups -OCH3 is 3. The van der Waals surface area contributed by atoms with Gasteiger partial charge in [0.1, 0.15) is 0 Å². The molecule has 0 spiro atoms. The van der Waals surface area contributed by atoms with E-state index >= 15 is 0 Å². The molecule has 1 rings (SSSR count). The van der Waals surface area contributed by atoms with Gasteiger partial charge in [-0.15, -0.1) is 0 Å². The Morgan fingerprint density at radius 2 is 1.50 bits per heavy atom. The number of ether oxygens (including phenoxy) is 3. The Kier molecular flexibility index (Phi) is 12.7. The fourth-order valence-corrected chi connectivity index (χ4v) is 2.90. The molecule has 0 bridgehead atoms. The predicted molar refractivity (Wildman–Crippen MR) is 117 cm³/mol. The summed E-state index contributed by atoms with van der Waals surface area (Å²) in [6.45, 7) is 2.08. The van der Waals surface area contributed by atoms with Gasteiger partial charge in [0, 0.05) is 12.0 Å². The molecule has 1 aromatic rings. The van der Waals surface area contributed by atoms with Crippen LogP contribution in [-0.4, -0.2) is 45.9 Å². The lowest BCUT2D eigenvalue weighted by molar-refractivity contribution is -0.126. The third-order valence-corrected chi connectivity index (χ3v) is 4.54. The molecule has 0 saturated heterocycles.